The Hall–Kier alpha value is -3.53. The highest BCUT2D eigenvalue weighted by Gasteiger charge is 2.29. The Balaban J connectivity index is 1.43. The molecule has 5 rings (SSSR count). The number of halogens is 2. The van der Waals surface area contributed by atoms with E-state index in [1.54, 1.807) is 4.68 Å². The van der Waals surface area contributed by atoms with Gasteiger partial charge in [-0.25, -0.2) is 18.4 Å². The van der Waals surface area contributed by atoms with E-state index in [4.69, 9.17) is 0 Å². The summed E-state index contributed by atoms with van der Waals surface area (Å²) in [5.41, 5.74) is 2.26. The lowest BCUT2D eigenvalue weighted by atomic mass is 10.2. The third kappa shape index (κ3) is 3.56. The van der Waals surface area contributed by atoms with Gasteiger partial charge < -0.3 is 5.32 Å². The predicted octanol–water partition coefficient (Wildman–Crippen LogP) is 3.84. The van der Waals surface area contributed by atoms with E-state index in [0.29, 0.717) is 21.9 Å². The monoisotopic (exact) mass is 453 g/mol. The molecular weight excluding hydrogens is 436 g/mol. The third-order valence-corrected chi connectivity index (χ3v) is 6.37. The number of nitrogens with zero attached hydrogens (tertiary/aromatic N) is 4. The van der Waals surface area contributed by atoms with Crippen LogP contribution in [-0.2, 0) is 4.79 Å². The van der Waals surface area contributed by atoms with Gasteiger partial charge in [-0.15, -0.1) is 0 Å². The molecule has 4 aromatic rings. The number of anilines is 1. The van der Waals surface area contributed by atoms with Crippen molar-refractivity contribution in [1.29, 1.82) is 0 Å². The van der Waals surface area contributed by atoms with Crippen molar-refractivity contribution in [3.05, 3.63) is 76.2 Å². The molecule has 1 amide bonds. The number of nitrogens with one attached hydrogen (secondary N) is 1. The summed E-state index contributed by atoms with van der Waals surface area (Å²) in [6.07, 6.45) is 1.48. The lowest BCUT2D eigenvalue weighted by Crippen LogP contribution is -2.27. The van der Waals surface area contributed by atoms with Crippen molar-refractivity contribution in [2.75, 3.05) is 11.1 Å². The Morgan fingerprint density at radius 1 is 1.19 bits per heavy atom. The molecule has 0 saturated heterocycles. The van der Waals surface area contributed by atoms with Crippen LogP contribution in [0.1, 0.15) is 18.0 Å². The van der Waals surface area contributed by atoms with Crippen LogP contribution in [0.3, 0.4) is 0 Å². The summed E-state index contributed by atoms with van der Waals surface area (Å²) in [5, 5.41) is 7.77. The molecule has 10 heteroatoms. The number of hydrogen-bond acceptors (Lipinski definition) is 5. The molecule has 2 aromatic heterocycles. The average Bonchev–Trinajstić information content (AvgIpc) is 3.36. The average molecular weight is 453 g/mol. The van der Waals surface area contributed by atoms with E-state index in [2.05, 4.69) is 15.4 Å². The summed E-state index contributed by atoms with van der Waals surface area (Å²) >= 11 is 1.39. The molecule has 0 aliphatic carbocycles. The number of carbonyl (C=O) groups excluding carboxylic acids is 1. The van der Waals surface area contributed by atoms with E-state index in [-0.39, 0.29) is 17.7 Å². The van der Waals surface area contributed by atoms with Crippen LogP contribution in [0.25, 0.3) is 16.7 Å². The number of aryl methyl sites for hydroxylation is 1. The standard InChI is InChI=1S/C22H17F2N5O2S/c1-12-2-5-14(6-3-12)29-20-16(10-25-29)21(31)28-15(11-32-22(28)27-20)9-19(30)26-13-4-7-17(23)18(24)8-13/h2-8,10,15H,9,11H2,1H3,(H,26,30). The molecule has 1 aliphatic rings. The highest BCUT2D eigenvalue weighted by atomic mass is 32.2. The van der Waals surface area contributed by atoms with Crippen molar-refractivity contribution in [2.24, 2.45) is 0 Å². The van der Waals surface area contributed by atoms with Gasteiger partial charge in [0.1, 0.15) is 5.39 Å². The molecule has 162 valence electrons. The largest absolute Gasteiger partial charge is 0.326 e. The van der Waals surface area contributed by atoms with Crippen LogP contribution in [-0.4, -0.2) is 31.0 Å². The van der Waals surface area contributed by atoms with Gasteiger partial charge in [0, 0.05) is 23.9 Å². The van der Waals surface area contributed by atoms with Gasteiger partial charge in [-0.2, -0.15) is 5.10 Å². The lowest BCUT2D eigenvalue weighted by Gasteiger charge is -2.13. The summed E-state index contributed by atoms with van der Waals surface area (Å²) in [4.78, 5) is 30.3. The Kier molecular flexibility index (Phi) is 5.01. The third-order valence-electron chi connectivity index (χ3n) is 5.27. The summed E-state index contributed by atoms with van der Waals surface area (Å²) in [6.45, 7) is 1.99. The molecule has 0 fully saturated rings. The van der Waals surface area contributed by atoms with Gasteiger partial charge in [-0.05, 0) is 31.2 Å². The van der Waals surface area contributed by atoms with Crippen molar-refractivity contribution >= 4 is 34.4 Å². The second kappa shape index (κ2) is 7.86. The Bertz CT molecular complexity index is 1410. The SMILES string of the molecule is Cc1ccc(-n2ncc3c(=O)n4c(nc32)SCC4CC(=O)Nc2ccc(F)c(F)c2)cc1. The molecule has 0 saturated carbocycles. The number of amides is 1. The molecule has 32 heavy (non-hydrogen) atoms. The number of aromatic nitrogens is 4. The van der Waals surface area contributed by atoms with Crippen LogP contribution in [0.15, 0.2) is 58.6 Å². The number of fused-ring (bicyclic) bond motifs is 2. The van der Waals surface area contributed by atoms with Gasteiger partial charge in [-0.3, -0.25) is 14.2 Å². The maximum absolute atomic E-state index is 13.4. The Morgan fingerprint density at radius 3 is 2.72 bits per heavy atom. The molecular formula is C22H17F2N5O2S. The zero-order valence-corrected chi connectivity index (χ0v) is 17.7. The van der Waals surface area contributed by atoms with Crippen molar-refractivity contribution in [3.63, 3.8) is 0 Å². The maximum atomic E-state index is 13.4. The van der Waals surface area contributed by atoms with Crippen molar-refractivity contribution in [3.8, 4) is 5.69 Å². The van der Waals surface area contributed by atoms with Gasteiger partial charge >= 0.3 is 0 Å². The first-order valence-electron chi connectivity index (χ1n) is 9.86. The summed E-state index contributed by atoms with van der Waals surface area (Å²) in [6, 6.07) is 10.5. The van der Waals surface area contributed by atoms with Crippen LogP contribution in [0.4, 0.5) is 14.5 Å². The molecule has 0 bridgehead atoms. The molecule has 1 unspecified atom stereocenters. The maximum Gasteiger partial charge on any atom is 0.265 e. The highest BCUT2D eigenvalue weighted by Crippen LogP contribution is 2.33. The summed E-state index contributed by atoms with van der Waals surface area (Å²) in [7, 11) is 0. The van der Waals surface area contributed by atoms with Crippen LogP contribution in [0.2, 0.25) is 0 Å². The molecule has 7 nitrogen and oxygen atoms in total. The van der Waals surface area contributed by atoms with E-state index in [9.17, 15) is 18.4 Å². The second-order valence-electron chi connectivity index (χ2n) is 7.54. The first-order valence-corrected chi connectivity index (χ1v) is 10.8. The minimum absolute atomic E-state index is 0.00180. The molecule has 0 radical (unpaired) electrons. The van der Waals surface area contributed by atoms with Gasteiger partial charge in [0.15, 0.2) is 22.4 Å². The first-order chi connectivity index (χ1) is 15.4. The van der Waals surface area contributed by atoms with Gasteiger partial charge in [0.25, 0.3) is 5.56 Å². The molecule has 2 aromatic carbocycles. The van der Waals surface area contributed by atoms with Crippen LogP contribution < -0.4 is 10.9 Å². The number of carbonyl (C=O) groups is 1. The Labute approximate surface area is 185 Å². The van der Waals surface area contributed by atoms with E-state index in [1.165, 1.54) is 28.6 Å². The van der Waals surface area contributed by atoms with E-state index in [1.807, 2.05) is 31.2 Å². The zero-order chi connectivity index (χ0) is 22.4. The van der Waals surface area contributed by atoms with E-state index < -0.39 is 23.6 Å². The number of benzene rings is 2. The quantitative estimate of drug-likeness (QED) is 0.475. The van der Waals surface area contributed by atoms with E-state index >= 15 is 0 Å². The van der Waals surface area contributed by atoms with Crippen LogP contribution in [0, 0.1) is 18.6 Å². The molecule has 1 atom stereocenters. The van der Waals surface area contributed by atoms with Crippen molar-refractivity contribution in [1.82, 2.24) is 19.3 Å². The fourth-order valence-corrected chi connectivity index (χ4v) is 4.79. The summed E-state index contributed by atoms with van der Waals surface area (Å²) in [5.74, 6) is -1.94. The van der Waals surface area contributed by atoms with Crippen molar-refractivity contribution in [2.45, 2.75) is 24.5 Å². The second-order valence-corrected chi connectivity index (χ2v) is 8.53. The minimum Gasteiger partial charge on any atom is -0.326 e. The molecule has 0 spiro atoms. The first kappa shape index (κ1) is 20.4. The van der Waals surface area contributed by atoms with Crippen LogP contribution in [0.5, 0.6) is 0 Å². The molecule has 1 aliphatic heterocycles. The van der Waals surface area contributed by atoms with Gasteiger partial charge in [0.05, 0.1) is 17.9 Å². The topological polar surface area (TPSA) is 81.8 Å². The highest BCUT2D eigenvalue weighted by molar-refractivity contribution is 7.99. The number of rotatable bonds is 4. The fraction of sp³-hybridized carbons (Fsp3) is 0.182. The Morgan fingerprint density at radius 2 is 1.97 bits per heavy atom. The van der Waals surface area contributed by atoms with Crippen LogP contribution >= 0.6 is 11.8 Å². The number of hydrogen-bond donors (Lipinski definition) is 1. The van der Waals surface area contributed by atoms with E-state index in [0.717, 1.165) is 23.4 Å². The lowest BCUT2D eigenvalue weighted by molar-refractivity contribution is -0.116. The minimum atomic E-state index is -1.04. The molecule has 3 heterocycles. The predicted molar refractivity (Wildman–Crippen MR) is 117 cm³/mol. The molecule has 1 N–H and O–H groups in total. The summed E-state index contributed by atoms with van der Waals surface area (Å²) < 4.78 is 29.6. The van der Waals surface area contributed by atoms with Crippen molar-refractivity contribution < 1.29 is 13.6 Å². The normalized spacial score (nSPS) is 15.2. The number of thioether (sulfide) groups is 1. The van der Waals surface area contributed by atoms with Gasteiger partial charge in [-0.1, -0.05) is 29.5 Å². The fourth-order valence-electron chi connectivity index (χ4n) is 3.66. The zero-order valence-electron chi connectivity index (χ0n) is 16.9. The van der Waals surface area contributed by atoms with Gasteiger partial charge in [0.2, 0.25) is 5.91 Å². The smallest absolute Gasteiger partial charge is 0.265 e.